The molecule has 5 nitrogen and oxygen atoms in total. The lowest BCUT2D eigenvalue weighted by atomic mass is 10.1. The molecule has 0 aliphatic carbocycles. The molecule has 4 aromatic heterocycles. The van der Waals surface area contributed by atoms with Crippen molar-refractivity contribution in [2.45, 2.75) is 24.8 Å². The fraction of sp³-hybridized carbons (Fsp3) is 0.150. The van der Waals surface area contributed by atoms with Crippen LogP contribution in [0.1, 0.15) is 17.0 Å². The topological polar surface area (TPSA) is 56.2 Å². The number of thiophene rings is 1. The number of nitrogens with zero attached hydrogens (tertiary/aromatic N) is 4. The molecule has 27 heavy (non-hydrogen) atoms. The van der Waals surface area contributed by atoms with E-state index >= 15 is 0 Å². The Kier molecular flexibility index (Phi) is 3.98. The van der Waals surface area contributed by atoms with Crippen molar-refractivity contribution in [3.8, 4) is 10.8 Å². The average Bonchev–Trinajstić information content (AvgIpc) is 3.40. The van der Waals surface area contributed by atoms with Crippen LogP contribution in [0.5, 0.6) is 0 Å². The van der Waals surface area contributed by atoms with Crippen molar-refractivity contribution in [1.29, 1.82) is 0 Å². The van der Waals surface area contributed by atoms with E-state index in [4.69, 9.17) is 4.42 Å². The van der Waals surface area contributed by atoms with Crippen molar-refractivity contribution in [1.82, 2.24) is 19.6 Å². The zero-order valence-electron chi connectivity index (χ0n) is 14.8. The number of oxazole rings is 1. The van der Waals surface area contributed by atoms with Crippen molar-refractivity contribution in [3.63, 3.8) is 0 Å². The van der Waals surface area contributed by atoms with Gasteiger partial charge in [0.05, 0.1) is 16.1 Å². The molecule has 0 amide bonds. The van der Waals surface area contributed by atoms with Crippen molar-refractivity contribution in [2.24, 2.45) is 0 Å². The minimum Gasteiger partial charge on any atom is -0.440 e. The van der Waals surface area contributed by atoms with E-state index in [1.165, 1.54) is 10.9 Å². The van der Waals surface area contributed by atoms with E-state index in [0.717, 1.165) is 32.7 Å². The molecule has 0 aliphatic heterocycles. The summed E-state index contributed by atoms with van der Waals surface area (Å²) in [6.07, 6.45) is 0. The summed E-state index contributed by atoms with van der Waals surface area (Å²) in [5, 5.41) is 12.9. The lowest BCUT2D eigenvalue weighted by Crippen LogP contribution is -1.93. The molecule has 0 N–H and O–H groups in total. The summed E-state index contributed by atoms with van der Waals surface area (Å²) in [6.45, 7) is 4.06. The Morgan fingerprint density at radius 1 is 1.11 bits per heavy atom. The van der Waals surface area contributed by atoms with Crippen molar-refractivity contribution >= 4 is 39.6 Å². The van der Waals surface area contributed by atoms with E-state index in [9.17, 15) is 0 Å². The maximum atomic E-state index is 5.85. The number of hydrogen-bond acceptors (Lipinski definition) is 6. The van der Waals surface area contributed by atoms with Gasteiger partial charge in [-0.2, -0.15) is 0 Å². The third-order valence-electron chi connectivity index (χ3n) is 4.54. The van der Waals surface area contributed by atoms with Crippen LogP contribution in [0.4, 0.5) is 0 Å². The zero-order valence-corrected chi connectivity index (χ0v) is 16.5. The summed E-state index contributed by atoms with van der Waals surface area (Å²) in [5.41, 5.74) is 4.13. The van der Waals surface area contributed by atoms with Gasteiger partial charge in [-0.25, -0.2) is 4.98 Å². The maximum Gasteiger partial charge on any atom is 0.236 e. The average molecular weight is 393 g/mol. The van der Waals surface area contributed by atoms with Crippen LogP contribution in [0.25, 0.3) is 27.3 Å². The molecule has 134 valence electrons. The van der Waals surface area contributed by atoms with E-state index < -0.39 is 0 Å². The number of hydrogen-bond donors (Lipinski definition) is 0. The van der Waals surface area contributed by atoms with Crippen molar-refractivity contribution < 1.29 is 4.42 Å². The summed E-state index contributed by atoms with van der Waals surface area (Å²) in [6, 6.07) is 14.5. The molecule has 5 rings (SSSR count). The Hall–Kier alpha value is -2.64. The third kappa shape index (κ3) is 2.83. The van der Waals surface area contributed by atoms with Crippen LogP contribution in [0.15, 0.2) is 57.4 Å². The van der Waals surface area contributed by atoms with Crippen LogP contribution < -0.4 is 0 Å². The second-order valence-electron chi connectivity index (χ2n) is 6.31. The molecule has 0 radical (unpaired) electrons. The summed E-state index contributed by atoms with van der Waals surface area (Å²) in [7, 11) is 0. The Labute approximate surface area is 164 Å². The second-order valence-corrected chi connectivity index (χ2v) is 8.20. The smallest absolute Gasteiger partial charge is 0.236 e. The van der Waals surface area contributed by atoms with Crippen molar-refractivity contribution in [3.05, 3.63) is 64.9 Å². The molecule has 4 heterocycles. The van der Waals surface area contributed by atoms with E-state index in [1.54, 1.807) is 23.1 Å². The van der Waals surface area contributed by atoms with Gasteiger partial charge in [0.25, 0.3) is 0 Å². The largest absolute Gasteiger partial charge is 0.440 e. The molecule has 0 spiro atoms. The highest BCUT2D eigenvalue weighted by molar-refractivity contribution is 7.98. The Bertz CT molecular complexity index is 1250. The molecular weight excluding hydrogens is 376 g/mol. The number of rotatable bonds is 4. The lowest BCUT2D eigenvalue weighted by Gasteiger charge is -2.06. The molecule has 0 fully saturated rings. The fourth-order valence-electron chi connectivity index (χ4n) is 3.17. The molecule has 0 aliphatic rings. The lowest BCUT2D eigenvalue weighted by molar-refractivity contribution is 0.542. The predicted molar refractivity (Wildman–Crippen MR) is 109 cm³/mol. The number of para-hydroxylation sites is 1. The van der Waals surface area contributed by atoms with Gasteiger partial charge in [-0.3, -0.25) is 4.40 Å². The van der Waals surface area contributed by atoms with Gasteiger partial charge in [0, 0.05) is 11.1 Å². The van der Waals surface area contributed by atoms with Gasteiger partial charge in [0.15, 0.2) is 10.8 Å². The van der Waals surface area contributed by atoms with Crippen LogP contribution in [0.2, 0.25) is 0 Å². The minimum atomic E-state index is 0.684. The van der Waals surface area contributed by atoms with Gasteiger partial charge in [0.1, 0.15) is 5.76 Å². The highest BCUT2D eigenvalue weighted by Crippen LogP contribution is 2.30. The molecule has 0 saturated carbocycles. The quantitative estimate of drug-likeness (QED) is 0.378. The highest BCUT2D eigenvalue weighted by Gasteiger charge is 2.15. The van der Waals surface area contributed by atoms with Gasteiger partial charge < -0.3 is 4.42 Å². The maximum absolute atomic E-state index is 5.85. The van der Waals surface area contributed by atoms with Crippen LogP contribution in [-0.2, 0) is 5.75 Å². The number of pyridine rings is 1. The monoisotopic (exact) mass is 392 g/mol. The summed E-state index contributed by atoms with van der Waals surface area (Å²) < 4.78 is 7.96. The predicted octanol–water partition coefficient (Wildman–Crippen LogP) is 5.51. The first-order chi connectivity index (χ1) is 13.2. The van der Waals surface area contributed by atoms with Crippen molar-refractivity contribution in [2.75, 3.05) is 0 Å². The summed E-state index contributed by atoms with van der Waals surface area (Å²) in [5.74, 6) is 2.22. The summed E-state index contributed by atoms with van der Waals surface area (Å²) >= 11 is 3.25. The second kappa shape index (κ2) is 6.51. The molecule has 0 bridgehead atoms. The number of benzene rings is 1. The number of aromatic nitrogens is 4. The van der Waals surface area contributed by atoms with E-state index in [-0.39, 0.29) is 0 Å². The van der Waals surface area contributed by atoms with Crippen LogP contribution in [0, 0.1) is 13.8 Å². The molecule has 5 aromatic rings. The Morgan fingerprint density at radius 2 is 2.00 bits per heavy atom. The van der Waals surface area contributed by atoms with Crippen LogP contribution in [0.3, 0.4) is 0 Å². The standard InChI is InChI=1S/C20H16N4OS2/c1-12-10-18-22-23-20(24(18)16-7-4-3-6-14(12)16)27-11-15-13(2)25-19(21-15)17-8-5-9-26-17/h3-10H,11H2,1-2H3. The summed E-state index contributed by atoms with van der Waals surface area (Å²) in [4.78, 5) is 5.72. The Morgan fingerprint density at radius 3 is 2.85 bits per heavy atom. The SMILES string of the molecule is Cc1oc(-c2cccs2)nc1CSc1nnc2cc(C)c3ccccc3n12. The third-order valence-corrected chi connectivity index (χ3v) is 6.33. The highest BCUT2D eigenvalue weighted by atomic mass is 32.2. The first-order valence-corrected chi connectivity index (χ1v) is 10.4. The number of thioether (sulfide) groups is 1. The van der Waals surface area contributed by atoms with Gasteiger partial charge in [-0.05, 0) is 43.0 Å². The first kappa shape index (κ1) is 16.5. The molecule has 0 unspecified atom stereocenters. The number of aryl methyl sites for hydroxylation is 2. The van der Waals surface area contributed by atoms with Crippen LogP contribution >= 0.6 is 23.1 Å². The molecule has 0 saturated heterocycles. The Balaban J connectivity index is 1.50. The normalized spacial score (nSPS) is 11.6. The van der Waals surface area contributed by atoms with E-state index in [2.05, 4.69) is 50.8 Å². The minimum absolute atomic E-state index is 0.684. The van der Waals surface area contributed by atoms with Gasteiger partial charge >= 0.3 is 0 Å². The molecular formula is C20H16N4OS2. The van der Waals surface area contributed by atoms with Gasteiger partial charge in [-0.15, -0.1) is 21.5 Å². The zero-order chi connectivity index (χ0) is 18.4. The van der Waals surface area contributed by atoms with Gasteiger partial charge in [0.2, 0.25) is 5.89 Å². The molecule has 0 atom stereocenters. The van der Waals surface area contributed by atoms with Gasteiger partial charge in [-0.1, -0.05) is 36.0 Å². The van der Waals surface area contributed by atoms with E-state index in [1.807, 2.05) is 30.5 Å². The fourth-order valence-corrected chi connectivity index (χ4v) is 4.77. The van der Waals surface area contributed by atoms with Crippen LogP contribution in [-0.4, -0.2) is 19.6 Å². The molecule has 7 heteroatoms. The number of fused-ring (bicyclic) bond motifs is 3. The molecule has 1 aromatic carbocycles. The van der Waals surface area contributed by atoms with E-state index in [0.29, 0.717) is 11.6 Å². The first-order valence-electron chi connectivity index (χ1n) is 8.57.